The number of hydrogen-bond donors (Lipinski definition) is 1. The Morgan fingerprint density at radius 1 is 1.17 bits per heavy atom. The summed E-state index contributed by atoms with van der Waals surface area (Å²) in [6, 6.07) is 9.55. The van der Waals surface area contributed by atoms with E-state index in [9.17, 15) is 9.59 Å². The molecule has 0 radical (unpaired) electrons. The second kappa shape index (κ2) is 7.48. The van der Waals surface area contributed by atoms with Crippen molar-refractivity contribution in [2.75, 3.05) is 0 Å². The van der Waals surface area contributed by atoms with E-state index in [1.807, 2.05) is 44.2 Å². The van der Waals surface area contributed by atoms with Gasteiger partial charge in [-0.1, -0.05) is 30.3 Å². The van der Waals surface area contributed by atoms with Gasteiger partial charge in [-0.2, -0.15) is 0 Å². The molecule has 1 N–H and O–H groups in total. The van der Waals surface area contributed by atoms with E-state index >= 15 is 0 Å². The molecule has 1 rings (SSSR count). The average molecular weight is 249 g/mol. The second-order valence-electron chi connectivity index (χ2n) is 4.37. The minimum atomic E-state index is -0.349. The molecule has 0 heterocycles. The van der Waals surface area contributed by atoms with Crippen LogP contribution in [0.1, 0.15) is 32.3 Å². The molecule has 0 aromatic heterocycles. The molecule has 1 amide bonds. The Morgan fingerprint density at radius 3 is 2.44 bits per heavy atom. The van der Waals surface area contributed by atoms with Crippen molar-refractivity contribution in [1.29, 1.82) is 0 Å². The summed E-state index contributed by atoms with van der Waals surface area (Å²) in [5, 5.41) is 2.73. The molecule has 0 fully saturated rings. The molecule has 0 aliphatic rings. The van der Waals surface area contributed by atoms with Crippen LogP contribution in [0.4, 0.5) is 0 Å². The fourth-order valence-electron chi connectivity index (χ4n) is 1.42. The van der Waals surface area contributed by atoms with E-state index in [1.54, 1.807) is 0 Å². The fraction of sp³-hybridized carbons (Fsp3) is 0.429. The van der Waals surface area contributed by atoms with Crippen molar-refractivity contribution in [2.24, 2.45) is 0 Å². The van der Waals surface area contributed by atoms with Crippen LogP contribution in [0, 0.1) is 0 Å². The standard InChI is InChI=1S/C14H19NO3/c1-11(2)15-13(16)8-9-14(17)18-10-12-6-4-3-5-7-12/h3-7,11H,8-10H2,1-2H3,(H,15,16). The van der Waals surface area contributed by atoms with Crippen LogP contribution in [0.3, 0.4) is 0 Å². The lowest BCUT2D eigenvalue weighted by Crippen LogP contribution is -2.30. The molecule has 0 unspecified atom stereocenters. The second-order valence-corrected chi connectivity index (χ2v) is 4.37. The van der Waals surface area contributed by atoms with Crippen molar-refractivity contribution in [2.45, 2.75) is 39.3 Å². The molecule has 0 bridgehead atoms. The van der Waals surface area contributed by atoms with Crippen LogP contribution in [0.5, 0.6) is 0 Å². The van der Waals surface area contributed by atoms with Crippen LogP contribution in [-0.2, 0) is 20.9 Å². The van der Waals surface area contributed by atoms with E-state index in [0.717, 1.165) is 5.56 Å². The van der Waals surface area contributed by atoms with E-state index in [1.165, 1.54) is 0 Å². The zero-order valence-corrected chi connectivity index (χ0v) is 10.8. The SMILES string of the molecule is CC(C)NC(=O)CCC(=O)OCc1ccccc1. The maximum absolute atomic E-state index is 11.4. The molecule has 1 aromatic rings. The predicted molar refractivity (Wildman–Crippen MR) is 68.8 cm³/mol. The number of carbonyl (C=O) groups is 2. The van der Waals surface area contributed by atoms with Gasteiger partial charge in [0, 0.05) is 12.5 Å². The van der Waals surface area contributed by atoms with E-state index in [4.69, 9.17) is 4.74 Å². The molecule has 0 saturated carbocycles. The van der Waals surface area contributed by atoms with E-state index in [-0.39, 0.29) is 37.4 Å². The molecule has 98 valence electrons. The highest BCUT2D eigenvalue weighted by Crippen LogP contribution is 2.02. The first kappa shape index (κ1) is 14.2. The van der Waals surface area contributed by atoms with Gasteiger partial charge in [0.25, 0.3) is 0 Å². The lowest BCUT2D eigenvalue weighted by molar-refractivity contribution is -0.146. The van der Waals surface area contributed by atoms with Crippen LogP contribution in [0.2, 0.25) is 0 Å². The highest BCUT2D eigenvalue weighted by atomic mass is 16.5. The summed E-state index contributed by atoms with van der Waals surface area (Å²) < 4.78 is 5.06. The summed E-state index contributed by atoms with van der Waals surface area (Å²) >= 11 is 0. The van der Waals surface area contributed by atoms with Gasteiger partial charge >= 0.3 is 5.97 Å². The molecule has 0 aliphatic carbocycles. The molecule has 4 heteroatoms. The van der Waals surface area contributed by atoms with Crippen molar-refractivity contribution in [3.8, 4) is 0 Å². The number of ether oxygens (including phenoxy) is 1. The van der Waals surface area contributed by atoms with Gasteiger partial charge in [0.05, 0.1) is 6.42 Å². The third kappa shape index (κ3) is 6.03. The smallest absolute Gasteiger partial charge is 0.306 e. The maximum Gasteiger partial charge on any atom is 0.306 e. The monoisotopic (exact) mass is 249 g/mol. The fourth-order valence-corrected chi connectivity index (χ4v) is 1.42. The highest BCUT2D eigenvalue weighted by Gasteiger charge is 2.08. The number of esters is 1. The molecular weight excluding hydrogens is 230 g/mol. The summed E-state index contributed by atoms with van der Waals surface area (Å²) in [5.41, 5.74) is 0.942. The van der Waals surface area contributed by atoms with E-state index < -0.39 is 0 Å². The molecule has 1 aromatic carbocycles. The molecule has 0 saturated heterocycles. The minimum Gasteiger partial charge on any atom is -0.461 e. The van der Waals surface area contributed by atoms with Crippen molar-refractivity contribution < 1.29 is 14.3 Å². The van der Waals surface area contributed by atoms with Crippen LogP contribution in [-0.4, -0.2) is 17.9 Å². The van der Waals surface area contributed by atoms with E-state index in [0.29, 0.717) is 0 Å². The largest absolute Gasteiger partial charge is 0.461 e. The lowest BCUT2D eigenvalue weighted by atomic mass is 10.2. The number of rotatable bonds is 6. The number of amides is 1. The number of hydrogen-bond acceptors (Lipinski definition) is 3. The topological polar surface area (TPSA) is 55.4 Å². The zero-order chi connectivity index (χ0) is 13.4. The maximum atomic E-state index is 11.4. The Morgan fingerprint density at radius 2 is 1.83 bits per heavy atom. The van der Waals surface area contributed by atoms with Gasteiger partial charge in [-0.3, -0.25) is 9.59 Å². The average Bonchev–Trinajstić information content (AvgIpc) is 2.34. The lowest BCUT2D eigenvalue weighted by Gasteiger charge is -2.08. The van der Waals surface area contributed by atoms with Crippen LogP contribution in [0.25, 0.3) is 0 Å². The normalized spacial score (nSPS) is 10.2. The minimum absolute atomic E-state index is 0.0952. The Bertz CT molecular complexity index is 387. The number of carbonyl (C=O) groups excluding carboxylic acids is 2. The van der Waals surface area contributed by atoms with Gasteiger partial charge in [0.15, 0.2) is 0 Å². The molecular formula is C14H19NO3. The Hall–Kier alpha value is -1.84. The van der Waals surface area contributed by atoms with Crippen LogP contribution < -0.4 is 5.32 Å². The first-order valence-electron chi connectivity index (χ1n) is 6.07. The van der Waals surface area contributed by atoms with Crippen LogP contribution >= 0.6 is 0 Å². The van der Waals surface area contributed by atoms with Gasteiger partial charge < -0.3 is 10.1 Å². The summed E-state index contributed by atoms with van der Waals surface area (Å²) in [7, 11) is 0. The molecule has 0 atom stereocenters. The third-order valence-electron chi connectivity index (χ3n) is 2.25. The highest BCUT2D eigenvalue weighted by molar-refractivity contribution is 5.81. The molecule has 4 nitrogen and oxygen atoms in total. The molecule has 18 heavy (non-hydrogen) atoms. The van der Waals surface area contributed by atoms with Crippen LogP contribution in [0.15, 0.2) is 30.3 Å². The van der Waals surface area contributed by atoms with Gasteiger partial charge in [-0.25, -0.2) is 0 Å². The van der Waals surface area contributed by atoms with Crippen molar-refractivity contribution in [3.05, 3.63) is 35.9 Å². The van der Waals surface area contributed by atoms with Gasteiger partial charge in [-0.05, 0) is 19.4 Å². The quantitative estimate of drug-likeness (QED) is 0.785. The van der Waals surface area contributed by atoms with E-state index in [2.05, 4.69) is 5.32 Å². The number of nitrogens with one attached hydrogen (secondary N) is 1. The summed E-state index contributed by atoms with van der Waals surface area (Å²) in [6.07, 6.45) is 0.289. The third-order valence-corrected chi connectivity index (χ3v) is 2.25. The Labute approximate surface area is 107 Å². The van der Waals surface area contributed by atoms with Crippen molar-refractivity contribution in [3.63, 3.8) is 0 Å². The first-order valence-corrected chi connectivity index (χ1v) is 6.07. The summed E-state index contributed by atoms with van der Waals surface area (Å²) in [6.45, 7) is 4.02. The Balaban J connectivity index is 2.20. The molecule has 0 spiro atoms. The predicted octanol–water partition coefficient (Wildman–Crippen LogP) is 2.03. The molecule has 0 aliphatic heterocycles. The van der Waals surface area contributed by atoms with Crippen molar-refractivity contribution >= 4 is 11.9 Å². The Kier molecular flexibility index (Phi) is 5.91. The van der Waals surface area contributed by atoms with Gasteiger partial charge in [0.1, 0.15) is 6.61 Å². The summed E-state index contributed by atoms with van der Waals surface area (Å²) in [4.78, 5) is 22.7. The van der Waals surface area contributed by atoms with Gasteiger partial charge in [-0.15, -0.1) is 0 Å². The number of benzene rings is 1. The van der Waals surface area contributed by atoms with Crippen molar-refractivity contribution in [1.82, 2.24) is 5.32 Å². The van der Waals surface area contributed by atoms with Gasteiger partial charge in [0.2, 0.25) is 5.91 Å². The summed E-state index contributed by atoms with van der Waals surface area (Å²) in [5.74, 6) is -0.473. The first-order chi connectivity index (χ1) is 8.58. The zero-order valence-electron chi connectivity index (χ0n) is 10.8.